The molecule has 0 heterocycles. The Morgan fingerprint density at radius 2 is 2.00 bits per heavy atom. The van der Waals surface area contributed by atoms with Crippen LogP contribution in [0.15, 0.2) is 0 Å². The zero-order valence-electron chi connectivity index (χ0n) is 8.53. The summed E-state index contributed by atoms with van der Waals surface area (Å²) in [6.45, 7) is 4.49. The van der Waals surface area contributed by atoms with Crippen molar-refractivity contribution in [2.24, 2.45) is 5.73 Å². The fourth-order valence-corrected chi connectivity index (χ4v) is 0.580. The lowest BCUT2D eigenvalue weighted by atomic mass is 10.2. The third-order valence-corrected chi connectivity index (χ3v) is 1.16. The number of hydrogen-bond donors (Lipinski definition) is 3. The molecule has 0 aliphatic carbocycles. The molecule has 0 fully saturated rings. The van der Waals surface area contributed by atoms with Gasteiger partial charge in [0.1, 0.15) is 11.6 Å². The number of carbonyl (C=O) groups is 2. The fraction of sp³-hybridized carbons (Fsp3) is 0.750. The van der Waals surface area contributed by atoms with E-state index in [1.54, 1.807) is 20.8 Å². The van der Waals surface area contributed by atoms with Gasteiger partial charge in [-0.2, -0.15) is 0 Å². The summed E-state index contributed by atoms with van der Waals surface area (Å²) in [6, 6.07) is -1.11. The van der Waals surface area contributed by atoms with Crippen molar-refractivity contribution < 1.29 is 19.4 Å². The number of rotatable bonds is 2. The number of nitrogens with two attached hydrogens (primary N) is 1. The first-order valence-corrected chi connectivity index (χ1v) is 4.16. The van der Waals surface area contributed by atoms with Crippen LogP contribution in [0.25, 0.3) is 0 Å². The van der Waals surface area contributed by atoms with Gasteiger partial charge in [-0.1, -0.05) is 0 Å². The van der Waals surface area contributed by atoms with Crippen molar-refractivity contribution in [1.82, 2.24) is 5.32 Å². The van der Waals surface area contributed by atoms with Gasteiger partial charge in [-0.25, -0.2) is 4.79 Å². The fourth-order valence-electron chi connectivity index (χ4n) is 0.580. The molecule has 0 saturated carbocycles. The Labute approximate surface area is 82.4 Å². The van der Waals surface area contributed by atoms with Crippen molar-refractivity contribution in [3.8, 4) is 0 Å². The van der Waals surface area contributed by atoms with Crippen LogP contribution in [0.3, 0.4) is 0 Å². The summed E-state index contributed by atoms with van der Waals surface area (Å²) in [5.41, 5.74) is 4.49. The minimum Gasteiger partial charge on any atom is -0.444 e. The first-order valence-electron chi connectivity index (χ1n) is 4.16. The summed E-state index contributed by atoms with van der Waals surface area (Å²) >= 11 is 0. The summed E-state index contributed by atoms with van der Waals surface area (Å²) in [7, 11) is 0. The number of aliphatic hydroxyl groups excluding tert-OH is 1. The lowest BCUT2D eigenvalue weighted by Gasteiger charge is -2.19. The summed E-state index contributed by atoms with van der Waals surface area (Å²) < 4.78 is 4.79. The van der Waals surface area contributed by atoms with Crippen LogP contribution in [0.2, 0.25) is 0 Å². The highest BCUT2D eigenvalue weighted by atomic mass is 16.6. The first kappa shape index (κ1) is 12.9. The maximum Gasteiger partial charge on any atom is 0.414 e. The Balaban J connectivity index is 4.02. The van der Waals surface area contributed by atoms with Crippen LogP contribution < -0.4 is 11.1 Å². The van der Waals surface area contributed by atoms with Crippen molar-refractivity contribution in [3.63, 3.8) is 0 Å². The van der Waals surface area contributed by atoms with Gasteiger partial charge in [0.2, 0.25) is 5.91 Å². The summed E-state index contributed by atoms with van der Waals surface area (Å²) in [5.74, 6) is -0.762. The maximum atomic E-state index is 11.0. The Morgan fingerprint density at radius 3 is 2.36 bits per heavy atom. The van der Waals surface area contributed by atoms with Gasteiger partial charge in [-0.05, 0) is 20.8 Å². The van der Waals surface area contributed by atoms with E-state index in [1.807, 2.05) is 5.32 Å². The highest BCUT2D eigenvalue weighted by molar-refractivity contribution is 5.94. The van der Waals surface area contributed by atoms with E-state index in [0.29, 0.717) is 0 Å². The van der Waals surface area contributed by atoms with Gasteiger partial charge in [0.05, 0.1) is 6.61 Å². The third kappa shape index (κ3) is 5.50. The first-order chi connectivity index (χ1) is 6.26. The molecule has 0 saturated heterocycles. The van der Waals surface area contributed by atoms with E-state index in [-0.39, 0.29) is 0 Å². The minimum absolute atomic E-state index is 0.519. The summed E-state index contributed by atoms with van der Waals surface area (Å²) in [4.78, 5) is 22.0. The Morgan fingerprint density at radius 1 is 1.50 bits per heavy atom. The molecule has 0 aromatic rings. The number of aliphatic hydroxyl groups is 1. The molecular formula is C8H16N2O4. The second-order valence-electron chi connectivity index (χ2n) is 3.78. The molecule has 0 rings (SSSR count). The van der Waals surface area contributed by atoms with E-state index in [4.69, 9.17) is 15.6 Å². The molecule has 82 valence electrons. The summed E-state index contributed by atoms with van der Waals surface area (Å²) in [5, 5.41) is 10.4. The quantitative estimate of drug-likeness (QED) is 0.555. The third-order valence-electron chi connectivity index (χ3n) is 1.16. The molecule has 0 aliphatic rings. The molecule has 0 aromatic carbocycles. The number of ether oxygens (including phenoxy) is 1. The number of carbonyl (C=O) groups excluding carboxylic acids is 2. The molecule has 0 unspecified atom stereocenters. The molecule has 0 aliphatic heterocycles. The molecular weight excluding hydrogens is 188 g/mol. The molecule has 2 amide bonds. The van der Waals surface area contributed by atoms with E-state index in [1.165, 1.54) is 0 Å². The Hall–Kier alpha value is -1.14. The highest BCUT2D eigenvalue weighted by Crippen LogP contribution is 2.06. The molecule has 14 heavy (non-hydrogen) atoms. The minimum atomic E-state index is -1.11. The van der Waals surface area contributed by atoms with E-state index in [2.05, 4.69) is 0 Å². The van der Waals surface area contributed by atoms with Crippen LogP contribution in [0, 0.1) is 0 Å². The molecule has 1 atom stereocenters. The van der Waals surface area contributed by atoms with Gasteiger partial charge in [0.25, 0.3) is 0 Å². The lowest BCUT2D eigenvalue weighted by Crippen LogP contribution is -2.46. The van der Waals surface area contributed by atoms with E-state index < -0.39 is 30.3 Å². The average Bonchev–Trinajstić information content (AvgIpc) is 1.99. The van der Waals surface area contributed by atoms with Crippen molar-refractivity contribution in [3.05, 3.63) is 0 Å². The van der Waals surface area contributed by atoms with Gasteiger partial charge in [-0.15, -0.1) is 0 Å². The number of hydrogen-bond acceptors (Lipinski definition) is 5. The van der Waals surface area contributed by atoms with E-state index in [9.17, 15) is 9.59 Å². The van der Waals surface area contributed by atoms with Crippen LogP contribution in [-0.4, -0.2) is 35.4 Å². The molecule has 4 N–H and O–H groups in total. The van der Waals surface area contributed by atoms with Gasteiger partial charge >= 0.3 is 6.09 Å². The molecule has 0 bridgehead atoms. The molecule has 6 nitrogen and oxygen atoms in total. The normalized spacial score (nSPS) is 13.2. The monoisotopic (exact) mass is 204 g/mol. The van der Waals surface area contributed by atoms with Crippen molar-refractivity contribution >= 4 is 12.0 Å². The van der Waals surface area contributed by atoms with Crippen LogP contribution in [0.5, 0.6) is 0 Å². The van der Waals surface area contributed by atoms with Crippen molar-refractivity contribution in [1.29, 1.82) is 0 Å². The summed E-state index contributed by atoms with van der Waals surface area (Å²) in [6.07, 6.45) is -0.869. The molecule has 6 heteroatoms. The number of nitrogens with one attached hydrogen (secondary N) is 1. The topological polar surface area (TPSA) is 102 Å². The van der Waals surface area contributed by atoms with Crippen LogP contribution >= 0.6 is 0 Å². The van der Waals surface area contributed by atoms with Gasteiger partial charge in [0, 0.05) is 0 Å². The number of alkyl carbamates (subject to hydrolysis) is 1. The van der Waals surface area contributed by atoms with Crippen molar-refractivity contribution in [2.45, 2.75) is 32.4 Å². The standard InChI is InChI=1S/C8H16N2O4/c1-8(2,3)14-7(13)10-6(12)5(9)4-11/h5,11H,4,9H2,1-3H3,(H,10,12,13)/t5-/m0/s1. The van der Waals surface area contributed by atoms with Crippen LogP contribution in [-0.2, 0) is 9.53 Å². The predicted molar refractivity (Wildman–Crippen MR) is 49.4 cm³/mol. The van der Waals surface area contributed by atoms with Crippen LogP contribution in [0.1, 0.15) is 20.8 Å². The Kier molecular flexibility index (Phi) is 4.52. The maximum absolute atomic E-state index is 11.0. The molecule has 0 radical (unpaired) electrons. The zero-order valence-corrected chi connectivity index (χ0v) is 8.53. The SMILES string of the molecule is CC(C)(C)OC(=O)NC(=O)[C@@H](N)CO. The van der Waals surface area contributed by atoms with E-state index in [0.717, 1.165) is 0 Å². The van der Waals surface area contributed by atoms with Gasteiger partial charge in [-0.3, -0.25) is 10.1 Å². The second-order valence-corrected chi connectivity index (χ2v) is 3.78. The highest BCUT2D eigenvalue weighted by Gasteiger charge is 2.20. The molecule has 0 aromatic heterocycles. The lowest BCUT2D eigenvalue weighted by molar-refractivity contribution is -0.122. The Bertz CT molecular complexity index is 222. The van der Waals surface area contributed by atoms with Crippen molar-refractivity contribution in [2.75, 3.05) is 6.61 Å². The van der Waals surface area contributed by atoms with Crippen LogP contribution in [0.4, 0.5) is 4.79 Å². The van der Waals surface area contributed by atoms with Gasteiger partial charge in [0.15, 0.2) is 0 Å². The number of imide groups is 1. The predicted octanol–water partition coefficient (Wildman–Crippen LogP) is -0.643. The largest absolute Gasteiger partial charge is 0.444 e. The average molecular weight is 204 g/mol. The second kappa shape index (κ2) is 4.92. The van der Waals surface area contributed by atoms with E-state index >= 15 is 0 Å². The molecule has 0 spiro atoms. The smallest absolute Gasteiger partial charge is 0.414 e. The van der Waals surface area contributed by atoms with Gasteiger partial charge < -0.3 is 15.6 Å². The zero-order chi connectivity index (χ0) is 11.4. The number of amides is 2.